The van der Waals surface area contributed by atoms with E-state index in [9.17, 15) is 4.79 Å². The Morgan fingerprint density at radius 1 is 1.04 bits per heavy atom. The summed E-state index contributed by atoms with van der Waals surface area (Å²) in [5.41, 5.74) is 2.66. The van der Waals surface area contributed by atoms with E-state index in [-0.39, 0.29) is 31.0 Å². The zero-order valence-corrected chi connectivity index (χ0v) is 16.7. The molecule has 2 rings (SSSR count). The maximum absolute atomic E-state index is 12.3. The van der Waals surface area contributed by atoms with Gasteiger partial charge in [0.05, 0.1) is 25.8 Å². The molecule has 0 bridgehead atoms. The van der Waals surface area contributed by atoms with E-state index in [0.717, 1.165) is 12.0 Å². The molecular formula is C20H32N2O4. The van der Waals surface area contributed by atoms with Crippen LogP contribution in [0.5, 0.6) is 0 Å². The quantitative estimate of drug-likeness (QED) is 0.675. The predicted molar refractivity (Wildman–Crippen MR) is 101 cm³/mol. The highest BCUT2D eigenvalue weighted by molar-refractivity contribution is 5.75. The topological polar surface area (TPSA) is 51.2 Å². The van der Waals surface area contributed by atoms with E-state index in [4.69, 9.17) is 14.2 Å². The lowest BCUT2D eigenvalue weighted by Gasteiger charge is -2.39. The fraction of sp³-hybridized carbons (Fsp3) is 0.650. The largest absolute Gasteiger partial charge is 0.370 e. The molecule has 0 atom stereocenters. The van der Waals surface area contributed by atoms with Crippen molar-refractivity contribution in [3.63, 3.8) is 0 Å². The minimum atomic E-state index is -0.0836. The van der Waals surface area contributed by atoms with Gasteiger partial charge in [0.1, 0.15) is 13.5 Å². The second-order valence-corrected chi connectivity index (χ2v) is 7.43. The summed E-state index contributed by atoms with van der Waals surface area (Å²) in [7, 11) is 3.16. The first-order valence-corrected chi connectivity index (χ1v) is 9.14. The SMILES string of the molecule is CCC(C)(C)c1ccc(COC2CN(COC)C(=O)N(COC)C2)cc1. The summed E-state index contributed by atoms with van der Waals surface area (Å²) in [6.07, 6.45) is 1.02. The lowest BCUT2D eigenvalue weighted by Crippen LogP contribution is -2.57. The van der Waals surface area contributed by atoms with Gasteiger partial charge in [-0.3, -0.25) is 9.80 Å². The Morgan fingerprint density at radius 2 is 1.58 bits per heavy atom. The number of hydrogen-bond donors (Lipinski definition) is 0. The number of methoxy groups -OCH3 is 2. The smallest absolute Gasteiger partial charge is 0.323 e. The average Bonchev–Trinajstić information content (AvgIpc) is 2.64. The van der Waals surface area contributed by atoms with E-state index in [0.29, 0.717) is 19.7 Å². The van der Waals surface area contributed by atoms with Gasteiger partial charge in [0.15, 0.2) is 0 Å². The number of hydrogen-bond acceptors (Lipinski definition) is 4. The number of carbonyl (C=O) groups excluding carboxylic acids is 1. The highest BCUT2D eigenvalue weighted by Gasteiger charge is 2.32. The van der Waals surface area contributed by atoms with Gasteiger partial charge in [0.2, 0.25) is 0 Å². The molecule has 0 saturated carbocycles. The summed E-state index contributed by atoms with van der Waals surface area (Å²) in [6.45, 7) is 8.78. The molecule has 26 heavy (non-hydrogen) atoms. The van der Waals surface area contributed by atoms with Crippen molar-refractivity contribution in [1.82, 2.24) is 9.80 Å². The van der Waals surface area contributed by atoms with Gasteiger partial charge in [0, 0.05) is 14.2 Å². The van der Waals surface area contributed by atoms with E-state index in [1.54, 1.807) is 24.0 Å². The Morgan fingerprint density at radius 3 is 2.04 bits per heavy atom. The monoisotopic (exact) mass is 364 g/mol. The molecule has 1 aromatic carbocycles. The van der Waals surface area contributed by atoms with Gasteiger partial charge in [-0.1, -0.05) is 45.0 Å². The molecule has 1 saturated heterocycles. The van der Waals surface area contributed by atoms with Gasteiger partial charge in [-0.15, -0.1) is 0 Å². The van der Waals surface area contributed by atoms with Crippen molar-refractivity contribution in [3.8, 4) is 0 Å². The third-order valence-electron chi connectivity index (χ3n) is 5.06. The van der Waals surface area contributed by atoms with Gasteiger partial charge in [-0.2, -0.15) is 0 Å². The third-order valence-corrected chi connectivity index (χ3v) is 5.06. The minimum absolute atomic E-state index is 0.0789. The molecule has 1 heterocycles. The van der Waals surface area contributed by atoms with E-state index >= 15 is 0 Å². The van der Waals surface area contributed by atoms with Crippen LogP contribution >= 0.6 is 0 Å². The summed E-state index contributed by atoms with van der Waals surface area (Å²) in [6, 6.07) is 8.53. The standard InChI is InChI=1S/C20H32N2O4/c1-6-20(2,3)17-9-7-16(8-10-17)13-26-18-11-21(14-24-4)19(23)22(12-18)15-25-5/h7-10,18H,6,11-15H2,1-5H3. The van der Waals surface area contributed by atoms with E-state index in [1.165, 1.54) is 5.56 Å². The Balaban J connectivity index is 1.96. The fourth-order valence-electron chi connectivity index (χ4n) is 3.01. The summed E-state index contributed by atoms with van der Waals surface area (Å²) >= 11 is 0. The molecule has 0 unspecified atom stereocenters. The minimum Gasteiger partial charge on any atom is -0.370 e. The Labute approximate surface area is 157 Å². The molecule has 0 spiro atoms. The van der Waals surface area contributed by atoms with Crippen LogP contribution in [-0.4, -0.2) is 62.7 Å². The number of ether oxygens (including phenoxy) is 3. The fourth-order valence-corrected chi connectivity index (χ4v) is 3.01. The number of carbonyl (C=O) groups is 1. The van der Waals surface area contributed by atoms with Crippen LogP contribution in [0.25, 0.3) is 0 Å². The van der Waals surface area contributed by atoms with Crippen molar-refractivity contribution in [2.75, 3.05) is 40.8 Å². The normalized spacial score (nSPS) is 16.4. The van der Waals surface area contributed by atoms with Crippen molar-refractivity contribution in [2.24, 2.45) is 0 Å². The average molecular weight is 364 g/mol. The zero-order valence-electron chi connectivity index (χ0n) is 16.7. The first-order valence-electron chi connectivity index (χ1n) is 9.14. The number of amides is 2. The van der Waals surface area contributed by atoms with Gasteiger partial charge in [0.25, 0.3) is 0 Å². The molecule has 1 aromatic rings. The highest BCUT2D eigenvalue weighted by Crippen LogP contribution is 2.26. The molecule has 2 amide bonds. The van der Waals surface area contributed by atoms with Crippen LogP contribution < -0.4 is 0 Å². The molecule has 6 heteroatoms. The number of urea groups is 1. The lowest BCUT2D eigenvalue weighted by molar-refractivity contribution is -0.0592. The van der Waals surface area contributed by atoms with Gasteiger partial charge in [-0.25, -0.2) is 4.79 Å². The van der Waals surface area contributed by atoms with Crippen LogP contribution in [0.15, 0.2) is 24.3 Å². The van der Waals surface area contributed by atoms with Gasteiger partial charge >= 0.3 is 6.03 Å². The number of rotatable bonds is 9. The summed E-state index contributed by atoms with van der Waals surface area (Å²) in [5.74, 6) is 0. The molecule has 6 nitrogen and oxygen atoms in total. The van der Waals surface area contributed by atoms with Crippen LogP contribution in [0.1, 0.15) is 38.3 Å². The molecule has 1 fully saturated rings. The molecule has 146 valence electrons. The van der Waals surface area contributed by atoms with Crippen molar-refractivity contribution >= 4 is 6.03 Å². The van der Waals surface area contributed by atoms with Crippen LogP contribution in [0.3, 0.4) is 0 Å². The molecule has 1 aliphatic heterocycles. The Kier molecular flexibility index (Phi) is 7.43. The summed E-state index contributed by atoms with van der Waals surface area (Å²) < 4.78 is 16.3. The van der Waals surface area contributed by atoms with Gasteiger partial charge in [-0.05, 0) is 23.0 Å². The molecular weight excluding hydrogens is 332 g/mol. The zero-order chi connectivity index (χ0) is 19.2. The van der Waals surface area contributed by atoms with Crippen LogP contribution in [-0.2, 0) is 26.2 Å². The number of nitrogens with zero attached hydrogens (tertiary/aromatic N) is 2. The van der Waals surface area contributed by atoms with E-state index in [2.05, 4.69) is 45.0 Å². The first kappa shape index (κ1) is 20.7. The second kappa shape index (κ2) is 9.35. The second-order valence-electron chi connectivity index (χ2n) is 7.43. The van der Waals surface area contributed by atoms with Crippen LogP contribution in [0, 0.1) is 0 Å². The van der Waals surface area contributed by atoms with Crippen LogP contribution in [0.4, 0.5) is 4.79 Å². The molecule has 1 aliphatic rings. The maximum atomic E-state index is 12.3. The van der Waals surface area contributed by atoms with E-state index < -0.39 is 0 Å². The molecule has 0 aliphatic carbocycles. The van der Waals surface area contributed by atoms with Crippen molar-refractivity contribution in [2.45, 2.75) is 45.3 Å². The number of benzene rings is 1. The molecule has 0 N–H and O–H groups in total. The highest BCUT2D eigenvalue weighted by atomic mass is 16.5. The molecule has 0 radical (unpaired) electrons. The first-order chi connectivity index (χ1) is 12.4. The predicted octanol–water partition coefficient (Wildman–Crippen LogP) is 3.20. The Hall–Kier alpha value is -1.63. The van der Waals surface area contributed by atoms with Crippen LogP contribution in [0.2, 0.25) is 0 Å². The third kappa shape index (κ3) is 5.19. The summed E-state index contributed by atoms with van der Waals surface area (Å²) in [4.78, 5) is 15.6. The van der Waals surface area contributed by atoms with E-state index in [1.807, 2.05) is 0 Å². The van der Waals surface area contributed by atoms with Gasteiger partial charge < -0.3 is 14.2 Å². The Bertz CT molecular complexity index is 556. The summed E-state index contributed by atoms with van der Waals surface area (Å²) in [5, 5.41) is 0. The van der Waals surface area contributed by atoms with Crippen molar-refractivity contribution in [1.29, 1.82) is 0 Å². The lowest BCUT2D eigenvalue weighted by atomic mass is 9.82. The van der Waals surface area contributed by atoms with Crippen molar-refractivity contribution < 1.29 is 19.0 Å². The maximum Gasteiger partial charge on any atom is 0.323 e. The molecule has 0 aromatic heterocycles. The van der Waals surface area contributed by atoms with Crippen molar-refractivity contribution in [3.05, 3.63) is 35.4 Å².